The normalized spacial score (nSPS) is 22.1. The number of carbonyl (C=O) groups excluding carboxylic acids is 1. The number of benzene rings is 1. The Morgan fingerprint density at radius 3 is 2.68 bits per heavy atom. The number of phenols is 1. The van der Waals surface area contributed by atoms with Gasteiger partial charge in [-0.25, -0.2) is 0 Å². The number of nitrogens with zero attached hydrogens (tertiary/aromatic N) is 2. The highest BCUT2D eigenvalue weighted by Gasteiger charge is 2.23. The summed E-state index contributed by atoms with van der Waals surface area (Å²) in [6.45, 7) is 4.14. The molecule has 2 fully saturated rings. The first-order valence-electron chi connectivity index (χ1n) is 8.28. The van der Waals surface area contributed by atoms with Gasteiger partial charge in [-0.3, -0.25) is 4.79 Å². The predicted octanol–water partition coefficient (Wildman–Crippen LogP) is 1.57. The Balaban J connectivity index is 1.46. The lowest BCUT2D eigenvalue weighted by Crippen LogP contribution is -2.49. The summed E-state index contributed by atoms with van der Waals surface area (Å²) in [7, 11) is 0. The molecule has 22 heavy (non-hydrogen) atoms. The van der Waals surface area contributed by atoms with E-state index in [0.717, 1.165) is 44.8 Å². The van der Waals surface area contributed by atoms with Crippen molar-refractivity contribution in [2.75, 3.05) is 37.6 Å². The van der Waals surface area contributed by atoms with E-state index in [1.54, 1.807) is 6.07 Å². The molecule has 1 atom stereocenters. The molecule has 0 aromatic heterocycles. The third-order valence-electron chi connectivity index (χ3n) is 4.72. The molecular formula is C17H25N3O2. The zero-order valence-corrected chi connectivity index (χ0v) is 13.0. The van der Waals surface area contributed by atoms with E-state index in [-0.39, 0.29) is 5.91 Å². The van der Waals surface area contributed by atoms with E-state index < -0.39 is 0 Å². The fourth-order valence-electron chi connectivity index (χ4n) is 3.39. The first-order valence-corrected chi connectivity index (χ1v) is 8.28. The molecule has 0 bridgehead atoms. The third-order valence-corrected chi connectivity index (χ3v) is 4.72. The lowest BCUT2D eigenvalue weighted by Gasteiger charge is -2.36. The average Bonchev–Trinajstić information content (AvgIpc) is 3.07. The van der Waals surface area contributed by atoms with Gasteiger partial charge in [0.15, 0.2) is 0 Å². The second kappa shape index (κ2) is 7.01. The van der Waals surface area contributed by atoms with Gasteiger partial charge in [-0.15, -0.1) is 0 Å². The lowest BCUT2D eigenvalue weighted by molar-refractivity contribution is -0.131. The van der Waals surface area contributed by atoms with Gasteiger partial charge in [0.25, 0.3) is 0 Å². The number of phenolic OH excluding ortho intramolecular Hbond substituents is 1. The van der Waals surface area contributed by atoms with Crippen molar-refractivity contribution in [1.82, 2.24) is 10.2 Å². The predicted molar refractivity (Wildman–Crippen MR) is 87.2 cm³/mol. The Morgan fingerprint density at radius 1 is 1.23 bits per heavy atom. The summed E-state index contributed by atoms with van der Waals surface area (Å²) in [6, 6.07) is 7.93. The Bertz CT molecular complexity index is 506. The standard InChI is InChI=1S/C17H25N3O2/c21-16-6-2-1-5-15(16)19-10-12-20(13-11-19)17(22)8-7-14-4-3-9-18-14/h1-2,5-6,14,18,21H,3-4,7-13H2. The van der Waals surface area contributed by atoms with E-state index in [0.29, 0.717) is 18.2 Å². The fraction of sp³-hybridized carbons (Fsp3) is 0.588. The van der Waals surface area contributed by atoms with Crippen molar-refractivity contribution in [3.63, 3.8) is 0 Å². The molecule has 2 N–H and O–H groups in total. The van der Waals surface area contributed by atoms with Crippen molar-refractivity contribution in [3.8, 4) is 5.75 Å². The monoisotopic (exact) mass is 303 g/mol. The van der Waals surface area contributed by atoms with Gasteiger partial charge in [0.2, 0.25) is 5.91 Å². The molecule has 1 amide bonds. The number of anilines is 1. The topological polar surface area (TPSA) is 55.8 Å². The first kappa shape index (κ1) is 15.2. The molecule has 2 saturated heterocycles. The molecule has 1 aromatic carbocycles. The Kier molecular flexibility index (Phi) is 4.83. The Hall–Kier alpha value is -1.75. The molecule has 1 unspecified atom stereocenters. The van der Waals surface area contributed by atoms with Gasteiger partial charge in [0, 0.05) is 38.6 Å². The van der Waals surface area contributed by atoms with Crippen molar-refractivity contribution >= 4 is 11.6 Å². The average molecular weight is 303 g/mol. The van der Waals surface area contributed by atoms with Gasteiger partial charge >= 0.3 is 0 Å². The van der Waals surface area contributed by atoms with Crippen LogP contribution < -0.4 is 10.2 Å². The maximum Gasteiger partial charge on any atom is 0.222 e. The zero-order chi connectivity index (χ0) is 15.4. The molecule has 0 spiro atoms. The van der Waals surface area contributed by atoms with Crippen LogP contribution in [0.25, 0.3) is 0 Å². The summed E-state index contributed by atoms with van der Waals surface area (Å²) in [4.78, 5) is 16.4. The fourth-order valence-corrected chi connectivity index (χ4v) is 3.39. The van der Waals surface area contributed by atoms with E-state index in [4.69, 9.17) is 0 Å². The highest BCUT2D eigenvalue weighted by Crippen LogP contribution is 2.27. The summed E-state index contributed by atoms with van der Waals surface area (Å²) >= 11 is 0. The molecule has 5 nitrogen and oxygen atoms in total. The Morgan fingerprint density at radius 2 is 2.00 bits per heavy atom. The summed E-state index contributed by atoms with van der Waals surface area (Å²) in [5.41, 5.74) is 0.866. The van der Waals surface area contributed by atoms with Crippen LogP contribution in [0.5, 0.6) is 5.75 Å². The number of hydrogen-bond donors (Lipinski definition) is 2. The number of carbonyl (C=O) groups is 1. The third kappa shape index (κ3) is 3.53. The molecule has 1 aromatic rings. The first-order chi connectivity index (χ1) is 10.7. The smallest absolute Gasteiger partial charge is 0.222 e. The number of para-hydroxylation sites is 2. The van der Waals surface area contributed by atoms with Crippen LogP contribution in [0.15, 0.2) is 24.3 Å². The van der Waals surface area contributed by atoms with Crippen LogP contribution >= 0.6 is 0 Å². The van der Waals surface area contributed by atoms with Gasteiger partial charge in [0.1, 0.15) is 5.75 Å². The van der Waals surface area contributed by atoms with Crippen LogP contribution in [0, 0.1) is 0 Å². The quantitative estimate of drug-likeness (QED) is 0.886. The second-order valence-electron chi connectivity index (χ2n) is 6.19. The highest BCUT2D eigenvalue weighted by atomic mass is 16.3. The van der Waals surface area contributed by atoms with Crippen LogP contribution in [0.3, 0.4) is 0 Å². The minimum atomic E-state index is 0.269. The van der Waals surface area contributed by atoms with Crippen molar-refractivity contribution in [2.24, 2.45) is 0 Å². The van der Waals surface area contributed by atoms with E-state index in [2.05, 4.69) is 10.2 Å². The zero-order valence-electron chi connectivity index (χ0n) is 13.0. The summed E-state index contributed by atoms with van der Waals surface area (Å²) < 4.78 is 0. The maximum atomic E-state index is 12.3. The van der Waals surface area contributed by atoms with Crippen molar-refractivity contribution < 1.29 is 9.90 Å². The highest BCUT2D eigenvalue weighted by molar-refractivity contribution is 5.76. The molecule has 3 rings (SSSR count). The number of amides is 1. The van der Waals surface area contributed by atoms with Gasteiger partial charge in [0.05, 0.1) is 5.69 Å². The number of hydrogen-bond acceptors (Lipinski definition) is 4. The van der Waals surface area contributed by atoms with Crippen molar-refractivity contribution in [1.29, 1.82) is 0 Å². The Labute approximate surface area is 131 Å². The van der Waals surface area contributed by atoms with Gasteiger partial charge < -0.3 is 20.2 Å². The number of rotatable bonds is 4. The largest absolute Gasteiger partial charge is 0.506 e. The minimum Gasteiger partial charge on any atom is -0.506 e. The van der Waals surface area contributed by atoms with E-state index in [9.17, 15) is 9.90 Å². The summed E-state index contributed by atoms with van der Waals surface area (Å²) in [5.74, 6) is 0.584. The van der Waals surface area contributed by atoms with Gasteiger partial charge in [-0.2, -0.15) is 0 Å². The lowest BCUT2D eigenvalue weighted by atomic mass is 10.1. The van der Waals surface area contributed by atoms with Crippen LogP contribution in [0.1, 0.15) is 25.7 Å². The SMILES string of the molecule is O=C(CCC1CCCN1)N1CCN(c2ccccc2O)CC1. The molecule has 2 aliphatic rings. The van der Waals surface area contributed by atoms with Crippen molar-refractivity contribution in [3.05, 3.63) is 24.3 Å². The van der Waals surface area contributed by atoms with Crippen LogP contribution in [-0.4, -0.2) is 54.7 Å². The van der Waals surface area contributed by atoms with E-state index >= 15 is 0 Å². The van der Waals surface area contributed by atoms with Crippen LogP contribution in [0.2, 0.25) is 0 Å². The molecule has 0 radical (unpaired) electrons. The summed E-state index contributed by atoms with van der Waals surface area (Å²) in [6.07, 6.45) is 4.04. The second-order valence-corrected chi connectivity index (χ2v) is 6.19. The van der Waals surface area contributed by atoms with Gasteiger partial charge in [-0.1, -0.05) is 12.1 Å². The van der Waals surface area contributed by atoms with Gasteiger partial charge in [-0.05, 0) is 37.9 Å². The van der Waals surface area contributed by atoms with E-state index in [1.165, 1.54) is 12.8 Å². The number of nitrogens with one attached hydrogen (secondary N) is 1. The minimum absolute atomic E-state index is 0.269. The van der Waals surface area contributed by atoms with Crippen LogP contribution in [0.4, 0.5) is 5.69 Å². The molecule has 0 aliphatic carbocycles. The molecule has 5 heteroatoms. The molecular weight excluding hydrogens is 278 g/mol. The number of aromatic hydroxyl groups is 1. The van der Waals surface area contributed by atoms with E-state index in [1.807, 2.05) is 23.1 Å². The summed E-state index contributed by atoms with van der Waals surface area (Å²) in [5, 5.41) is 13.4. The number of piperazine rings is 1. The molecule has 0 saturated carbocycles. The molecule has 2 heterocycles. The molecule has 2 aliphatic heterocycles. The van der Waals surface area contributed by atoms with Crippen molar-refractivity contribution in [2.45, 2.75) is 31.7 Å². The maximum absolute atomic E-state index is 12.3. The molecule has 120 valence electrons. The van der Waals surface area contributed by atoms with Crippen LogP contribution in [-0.2, 0) is 4.79 Å².